The number of fused-ring (bicyclic) bond motifs is 1. The smallest absolute Gasteiger partial charge is 0.453 e. The number of hydrogen-bond donors (Lipinski definition) is 1. The molecule has 3 heterocycles. The molecule has 2 aromatic rings. The Morgan fingerprint density at radius 1 is 1.29 bits per heavy atom. The quantitative estimate of drug-likeness (QED) is 0.905. The number of hydrogen-bond acceptors (Lipinski definition) is 6. The topological polar surface area (TPSA) is 75.8 Å². The van der Waals surface area contributed by atoms with Crippen molar-refractivity contribution in [1.29, 1.82) is 0 Å². The van der Waals surface area contributed by atoms with Crippen LogP contribution in [0.5, 0.6) is 5.88 Å². The van der Waals surface area contributed by atoms with Gasteiger partial charge >= 0.3 is 6.18 Å². The predicted octanol–water partition coefficient (Wildman–Crippen LogP) is 1.50. The molecule has 0 amide bonds. The van der Waals surface area contributed by atoms with Crippen molar-refractivity contribution in [3.63, 3.8) is 0 Å². The molecule has 0 spiro atoms. The van der Waals surface area contributed by atoms with Crippen molar-refractivity contribution in [1.82, 2.24) is 24.5 Å². The zero-order chi connectivity index (χ0) is 17.3. The Bertz CT molecular complexity index is 710. The van der Waals surface area contributed by atoms with Gasteiger partial charge in [-0.15, -0.1) is 5.10 Å². The first-order valence-electron chi connectivity index (χ1n) is 7.74. The van der Waals surface area contributed by atoms with Crippen LogP contribution in [0.2, 0.25) is 0 Å². The Hall–Kier alpha value is -1.94. The average Bonchev–Trinajstić information content (AvgIpc) is 2.94. The van der Waals surface area contributed by atoms with E-state index in [2.05, 4.69) is 20.0 Å². The summed E-state index contributed by atoms with van der Waals surface area (Å²) in [5.74, 6) is -1.20. The van der Waals surface area contributed by atoms with Gasteiger partial charge in [0.25, 0.3) is 11.6 Å². The summed E-state index contributed by atoms with van der Waals surface area (Å²) in [5, 5.41) is 13.0. The highest BCUT2D eigenvalue weighted by Crippen LogP contribution is 2.27. The van der Waals surface area contributed by atoms with Crippen LogP contribution in [-0.4, -0.2) is 55.4 Å². The number of rotatable bonds is 4. The Morgan fingerprint density at radius 2 is 2.00 bits per heavy atom. The van der Waals surface area contributed by atoms with Crippen LogP contribution in [0.25, 0.3) is 5.78 Å². The number of nitrogens with zero attached hydrogens (tertiary/aromatic N) is 5. The van der Waals surface area contributed by atoms with E-state index < -0.39 is 12.0 Å². The third kappa shape index (κ3) is 3.59. The fourth-order valence-corrected chi connectivity index (χ4v) is 2.65. The van der Waals surface area contributed by atoms with E-state index in [-0.39, 0.29) is 24.4 Å². The van der Waals surface area contributed by atoms with Gasteiger partial charge in [0.15, 0.2) is 0 Å². The molecule has 0 radical (unpaired) electrons. The number of likely N-dealkylation sites (tertiary alicyclic amines) is 1. The molecule has 0 saturated carbocycles. The molecule has 10 heteroatoms. The molecule has 1 fully saturated rings. The molecular weight excluding hydrogens is 327 g/mol. The molecule has 1 aliphatic heterocycles. The zero-order valence-electron chi connectivity index (χ0n) is 13.1. The van der Waals surface area contributed by atoms with Crippen LogP contribution < -0.4 is 4.74 Å². The number of aromatic nitrogens is 4. The highest BCUT2D eigenvalue weighted by molar-refractivity contribution is 5.35. The van der Waals surface area contributed by atoms with Crippen LogP contribution in [0.4, 0.5) is 13.2 Å². The molecule has 1 saturated heterocycles. The molecule has 1 N–H and O–H groups in total. The van der Waals surface area contributed by atoms with Gasteiger partial charge in [0, 0.05) is 25.7 Å². The van der Waals surface area contributed by atoms with Crippen molar-refractivity contribution in [2.45, 2.75) is 38.6 Å². The highest BCUT2D eigenvalue weighted by Gasteiger charge is 2.37. The monoisotopic (exact) mass is 345 g/mol. The molecule has 132 valence electrons. The average molecular weight is 345 g/mol. The van der Waals surface area contributed by atoms with Crippen molar-refractivity contribution in [2.24, 2.45) is 0 Å². The molecule has 0 unspecified atom stereocenters. The third-order valence-corrected chi connectivity index (χ3v) is 3.82. The first-order valence-corrected chi connectivity index (χ1v) is 7.74. The number of aliphatic hydroxyl groups is 1. The second kappa shape index (κ2) is 6.52. The Morgan fingerprint density at radius 3 is 2.62 bits per heavy atom. The third-order valence-electron chi connectivity index (χ3n) is 3.82. The fourth-order valence-electron chi connectivity index (χ4n) is 2.65. The summed E-state index contributed by atoms with van der Waals surface area (Å²) in [6.45, 7) is 3.89. The Labute approximate surface area is 136 Å². The van der Waals surface area contributed by atoms with Gasteiger partial charge in [-0.3, -0.25) is 4.90 Å². The van der Waals surface area contributed by atoms with E-state index in [1.165, 1.54) is 0 Å². The summed E-state index contributed by atoms with van der Waals surface area (Å²) >= 11 is 0. The minimum absolute atomic E-state index is 0.139. The van der Waals surface area contributed by atoms with Crippen LogP contribution in [0, 0.1) is 0 Å². The van der Waals surface area contributed by atoms with Gasteiger partial charge in [0.1, 0.15) is 0 Å². The summed E-state index contributed by atoms with van der Waals surface area (Å²) in [4.78, 5) is 9.73. The molecule has 0 bridgehead atoms. The molecule has 0 aromatic carbocycles. The minimum atomic E-state index is -4.64. The van der Waals surface area contributed by atoms with Crippen LogP contribution >= 0.6 is 0 Å². The molecule has 7 nitrogen and oxygen atoms in total. The summed E-state index contributed by atoms with van der Waals surface area (Å²) in [6, 6.07) is 1.58. The van der Waals surface area contributed by atoms with Gasteiger partial charge in [-0.05, 0) is 19.8 Å². The van der Waals surface area contributed by atoms with Gasteiger partial charge in [-0.2, -0.15) is 22.7 Å². The fraction of sp³-hybridized carbons (Fsp3) is 0.643. The van der Waals surface area contributed by atoms with Crippen molar-refractivity contribution < 1.29 is 23.0 Å². The maximum atomic E-state index is 12.8. The molecular formula is C14H18F3N5O2. The van der Waals surface area contributed by atoms with E-state index in [0.29, 0.717) is 38.2 Å². The van der Waals surface area contributed by atoms with Crippen molar-refractivity contribution in [3.05, 3.63) is 17.6 Å². The summed E-state index contributed by atoms with van der Waals surface area (Å²) < 4.78 is 44.8. The van der Waals surface area contributed by atoms with Crippen LogP contribution in [0.15, 0.2) is 6.07 Å². The maximum absolute atomic E-state index is 12.8. The van der Waals surface area contributed by atoms with E-state index in [9.17, 15) is 18.3 Å². The predicted molar refractivity (Wildman–Crippen MR) is 77.5 cm³/mol. The lowest BCUT2D eigenvalue weighted by Gasteiger charge is -2.29. The number of alkyl halides is 3. The standard InChI is InChI=1S/C14H18F3N5O2/c1-2-24-11-7-9(8-21-5-3-10(23)4-6-21)18-13-19-12(14(15,16)17)20-22(11)13/h7,10,23H,2-6,8H2,1H3. The van der Waals surface area contributed by atoms with Gasteiger partial charge in [0.05, 0.1) is 18.4 Å². The summed E-state index contributed by atoms with van der Waals surface area (Å²) in [7, 11) is 0. The molecule has 2 aromatic heterocycles. The summed E-state index contributed by atoms with van der Waals surface area (Å²) in [5.41, 5.74) is 0.559. The van der Waals surface area contributed by atoms with Crippen molar-refractivity contribution in [3.8, 4) is 5.88 Å². The van der Waals surface area contributed by atoms with E-state index in [1.807, 2.05) is 0 Å². The molecule has 24 heavy (non-hydrogen) atoms. The van der Waals surface area contributed by atoms with Crippen LogP contribution in [0.1, 0.15) is 31.3 Å². The van der Waals surface area contributed by atoms with Crippen molar-refractivity contribution >= 4 is 5.78 Å². The van der Waals surface area contributed by atoms with Crippen LogP contribution in [-0.2, 0) is 12.7 Å². The lowest BCUT2D eigenvalue weighted by atomic mass is 10.1. The molecule has 1 aliphatic rings. The van der Waals surface area contributed by atoms with Crippen molar-refractivity contribution in [2.75, 3.05) is 19.7 Å². The maximum Gasteiger partial charge on any atom is 0.453 e. The molecule has 3 rings (SSSR count). The lowest BCUT2D eigenvalue weighted by molar-refractivity contribution is -0.144. The van der Waals surface area contributed by atoms with Gasteiger partial charge < -0.3 is 9.84 Å². The SMILES string of the molecule is CCOc1cc(CN2CCC(O)CC2)nc2nc(C(F)(F)F)nn12. The van der Waals surface area contributed by atoms with E-state index >= 15 is 0 Å². The van der Waals surface area contributed by atoms with Gasteiger partial charge in [0.2, 0.25) is 5.88 Å². The minimum Gasteiger partial charge on any atom is -0.478 e. The van der Waals surface area contributed by atoms with Gasteiger partial charge in [-0.1, -0.05) is 0 Å². The Balaban J connectivity index is 1.91. The summed E-state index contributed by atoms with van der Waals surface area (Å²) in [6.07, 6.45) is -3.59. The second-order valence-corrected chi connectivity index (χ2v) is 5.67. The van der Waals surface area contributed by atoms with Crippen LogP contribution in [0.3, 0.4) is 0 Å². The van der Waals surface area contributed by atoms with Gasteiger partial charge in [-0.25, -0.2) is 4.98 Å². The largest absolute Gasteiger partial charge is 0.478 e. The lowest BCUT2D eigenvalue weighted by Crippen LogP contribution is -2.35. The molecule has 0 atom stereocenters. The second-order valence-electron chi connectivity index (χ2n) is 5.67. The number of aliphatic hydroxyl groups excluding tert-OH is 1. The number of piperidine rings is 1. The first-order chi connectivity index (χ1) is 11.4. The van der Waals surface area contributed by atoms with E-state index in [4.69, 9.17) is 4.74 Å². The van der Waals surface area contributed by atoms with E-state index in [0.717, 1.165) is 4.52 Å². The number of halogens is 3. The van der Waals surface area contributed by atoms with E-state index in [1.54, 1.807) is 13.0 Å². The zero-order valence-corrected chi connectivity index (χ0v) is 13.1. The normalized spacial score (nSPS) is 17.5. The number of ether oxygens (including phenoxy) is 1. The highest BCUT2D eigenvalue weighted by atomic mass is 19.4. The Kier molecular flexibility index (Phi) is 4.59. The molecule has 0 aliphatic carbocycles. The first kappa shape index (κ1) is 16.9.